The number of aromatic nitrogens is 4. The number of anilines is 1. The number of hydrogen-bond acceptors (Lipinski definition) is 3. The van der Waals surface area contributed by atoms with E-state index in [1.54, 1.807) is 0 Å². The van der Waals surface area contributed by atoms with Crippen LogP contribution in [0.5, 0.6) is 0 Å². The van der Waals surface area contributed by atoms with Crippen molar-refractivity contribution in [2.24, 2.45) is 7.05 Å². The Morgan fingerprint density at radius 2 is 2.00 bits per heavy atom. The molecule has 0 atom stereocenters. The van der Waals surface area contributed by atoms with Crippen LogP contribution in [0.3, 0.4) is 0 Å². The zero-order valence-corrected chi connectivity index (χ0v) is 9.38. The van der Waals surface area contributed by atoms with Crippen molar-refractivity contribution >= 4 is 16.9 Å². The highest BCUT2D eigenvalue weighted by Crippen LogP contribution is 2.24. The molecule has 3 aromatic rings. The molecule has 0 unspecified atom stereocenters. The summed E-state index contributed by atoms with van der Waals surface area (Å²) in [7, 11) is 1.98. The smallest absolute Gasteiger partial charge is 0.169 e. The number of nitrogens with two attached hydrogens (primary N) is 1. The second kappa shape index (κ2) is 3.55. The van der Waals surface area contributed by atoms with Gasteiger partial charge in [0.1, 0.15) is 24.8 Å². The lowest BCUT2D eigenvalue weighted by atomic mass is 10.2. The molecular weight excluding hydrogens is 214 g/mol. The van der Waals surface area contributed by atoms with Crippen LogP contribution in [-0.2, 0) is 7.05 Å². The number of hydrogen-bond donors (Lipinski definition) is 2. The standard InChI is InChI=1S/C12H11N5/c1-17-4-2-8(3-5-17)10-6-9-11(13)14-7-15-12(9)16-10/h2-7H,1H3,(H2,13,14,15,16)/p+1. The Kier molecular flexibility index (Phi) is 2.04. The van der Waals surface area contributed by atoms with Gasteiger partial charge < -0.3 is 10.7 Å². The van der Waals surface area contributed by atoms with Gasteiger partial charge in [0.05, 0.1) is 5.39 Å². The SMILES string of the molecule is C[n+]1ccc(-c2cc3c(N)ncnc3[nH]2)cc1. The highest BCUT2D eigenvalue weighted by atomic mass is 15.0. The van der Waals surface area contributed by atoms with E-state index in [1.807, 2.05) is 42.2 Å². The first-order valence-electron chi connectivity index (χ1n) is 5.29. The van der Waals surface area contributed by atoms with Crippen LogP contribution in [0.4, 0.5) is 5.82 Å². The van der Waals surface area contributed by atoms with Crippen molar-refractivity contribution in [3.8, 4) is 11.3 Å². The lowest BCUT2D eigenvalue weighted by Gasteiger charge is -1.94. The molecule has 0 aliphatic carbocycles. The van der Waals surface area contributed by atoms with Crippen molar-refractivity contribution in [2.75, 3.05) is 5.73 Å². The average Bonchev–Trinajstić information content (AvgIpc) is 2.75. The third-order valence-electron chi connectivity index (χ3n) is 2.75. The zero-order chi connectivity index (χ0) is 11.8. The van der Waals surface area contributed by atoms with Crippen LogP contribution in [-0.4, -0.2) is 15.0 Å². The van der Waals surface area contributed by atoms with Crippen LogP contribution in [0.25, 0.3) is 22.3 Å². The number of nitrogen functional groups attached to an aromatic ring is 1. The zero-order valence-electron chi connectivity index (χ0n) is 9.38. The molecule has 0 bridgehead atoms. The molecule has 5 heteroatoms. The summed E-state index contributed by atoms with van der Waals surface area (Å²) in [5.74, 6) is 0.499. The minimum Gasteiger partial charge on any atom is -0.383 e. The van der Waals surface area contributed by atoms with Gasteiger partial charge in [0, 0.05) is 23.4 Å². The van der Waals surface area contributed by atoms with E-state index >= 15 is 0 Å². The lowest BCUT2D eigenvalue weighted by Crippen LogP contribution is -2.25. The quantitative estimate of drug-likeness (QED) is 0.609. The molecule has 0 saturated carbocycles. The molecule has 3 aromatic heterocycles. The van der Waals surface area contributed by atoms with Crippen molar-refractivity contribution in [1.82, 2.24) is 15.0 Å². The predicted molar refractivity (Wildman–Crippen MR) is 64.9 cm³/mol. The first-order chi connectivity index (χ1) is 8.24. The van der Waals surface area contributed by atoms with Gasteiger partial charge in [-0.05, 0) is 6.07 Å². The van der Waals surface area contributed by atoms with Crippen molar-refractivity contribution in [3.63, 3.8) is 0 Å². The van der Waals surface area contributed by atoms with Gasteiger partial charge in [0.15, 0.2) is 12.4 Å². The van der Waals surface area contributed by atoms with Gasteiger partial charge in [0.25, 0.3) is 0 Å². The number of nitrogens with one attached hydrogen (secondary N) is 1. The molecule has 5 nitrogen and oxygen atoms in total. The van der Waals surface area contributed by atoms with Crippen molar-refractivity contribution in [2.45, 2.75) is 0 Å². The maximum atomic E-state index is 5.80. The second-order valence-corrected chi connectivity index (χ2v) is 3.96. The third-order valence-corrected chi connectivity index (χ3v) is 2.75. The van der Waals surface area contributed by atoms with Crippen LogP contribution < -0.4 is 10.3 Å². The molecule has 3 rings (SSSR count). The van der Waals surface area contributed by atoms with Crippen molar-refractivity contribution in [3.05, 3.63) is 36.9 Å². The van der Waals surface area contributed by atoms with E-state index < -0.39 is 0 Å². The second-order valence-electron chi connectivity index (χ2n) is 3.96. The minimum atomic E-state index is 0.499. The molecule has 3 N–H and O–H groups in total. The number of pyridine rings is 1. The number of H-pyrrole nitrogens is 1. The Bertz CT molecular complexity index is 669. The Morgan fingerprint density at radius 1 is 1.24 bits per heavy atom. The van der Waals surface area contributed by atoms with E-state index in [2.05, 4.69) is 15.0 Å². The summed E-state index contributed by atoms with van der Waals surface area (Å²) in [4.78, 5) is 11.4. The molecule has 0 aliphatic rings. The molecule has 0 spiro atoms. The largest absolute Gasteiger partial charge is 0.383 e. The third kappa shape index (κ3) is 1.61. The van der Waals surface area contributed by atoms with E-state index in [4.69, 9.17) is 5.73 Å². The van der Waals surface area contributed by atoms with Crippen LogP contribution >= 0.6 is 0 Å². The molecule has 0 aliphatic heterocycles. The van der Waals surface area contributed by atoms with Crippen LogP contribution in [0.2, 0.25) is 0 Å². The van der Waals surface area contributed by atoms with Crippen LogP contribution in [0.1, 0.15) is 0 Å². The number of rotatable bonds is 1. The molecule has 3 heterocycles. The predicted octanol–water partition coefficient (Wildman–Crippen LogP) is 1.03. The van der Waals surface area contributed by atoms with E-state index in [1.165, 1.54) is 6.33 Å². The van der Waals surface area contributed by atoms with E-state index in [0.29, 0.717) is 5.82 Å². The molecule has 0 aromatic carbocycles. The highest BCUT2D eigenvalue weighted by Gasteiger charge is 2.07. The number of aryl methyl sites for hydroxylation is 1. The first kappa shape index (κ1) is 9.77. The summed E-state index contributed by atoms with van der Waals surface area (Å²) in [6.45, 7) is 0. The topological polar surface area (TPSA) is 71.5 Å². The summed E-state index contributed by atoms with van der Waals surface area (Å²) in [5, 5.41) is 0.857. The fraction of sp³-hybridized carbons (Fsp3) is 0.0833. The summed E-state index contributed by atoms with van der Waals surface area (Å²) >= 11 is 0. The normalized spacial score (nSPS) is 10.9. The Hall–Kier alpha value is -2.43. The Balaban J connectivity index is 2.18. The molecular formula is C12H12N5+. The highest BCUT2D eigenvalue weighted by molar-refractivity contribution is 5.90. The Labute approximate surface area is 98.0 Å². The van der Waals surface area contributed by atoms with E-state index in [0.717, 1.165) is 22.3 Å². The van der Waals surface area contributed by atoms with Gasteiger partial charge in [-0.25, -0.2) is 14.5 Å². The summed E-state index contributed by atoms with van der Waals surface area (Å²) in [5.41, 5.74) is 8.65. The number of aromatic amines is 1. The first-order valence-corrected chi connectivity index (χ1v) is 5.29. The summed E-state index contributed by atoms with van der Waals surface area (Å²) in [6, 6.07) is 6.04. The summed E-state index contributed by atoms with van der Waals surface area (Å²) < 4.78 is 1.99. The maximum absolute atomic E-state index is 5.80. The van der Waals surface area contributed by atoms with Gasteiger partial charge in [-0.1, -0.05) is 0 Å². The summed E-state index contributed by atoms with van der Waals surface area (Å²) in [6.07, 6.45) is 5.45. The molecule has 84 valence electrons. The number of fused-ring (bicyclic) bond motifs is 1. The Morgan fingerprint density at radius 3 is 2.71 bits per heavy atom. The monoisotopic (exact) mass is 226 g/mol. The van der Waals surface area contributed by atoms with Crippen LogP contribution in [0, 0.1) is 0 Å². The van der Waals surface area contributed by atoms with Gasteiger partial charge >= 0.3 is 0 Å². The molecule has 0 amide bonds. The maximum Gasteiger partial charge on any atom is 0.169 e. The minimum absolute atomic E-state index is 0.499. The molecule has 0 radical (unpaired) electrons. The van der Waals surface area contributed by atoms with Gasteiger partial charge in [0.2, 0.25) is 0 Å². The van der Waals surface area contributed by atoms with Crippen LogP contribution in [0.15, 0.2) is 36.9 Å². The van der Waals surface area contributed by atoms with Gasteiger partial charge in [-0.2, -0.15) is 0 Å². The fourth-order valence-corrected chi connectivity index (χ4v) is 1.80. The fourth-order valence-electron chi connectivity index (χ4n) is 1.80. The van der Waals surface area contributed by atoms with Gasteiger partial charge in [-0.15, -0.1) is 0 Å². The average molecular weight is 226 g/mol. The molecule has 0 saturated heterocycles. The molecule has 0 fully saturated rings. The van der Waals surface area contributed by atoms with Gasteiger partial charge in [-0.3, -0.25) is 0 Å². The van der Waals surface area contributed by atoms with Crippen molar-refractivity contribution in [1.29, 1.82) is 0 Å². The van der Waals surface area contributed by atoms with E-state index in [9.17, 15) is 0 Å². The van der Waals surface area contributed by atoms with E-state index in [-0.39, 0.29) is 0 Å². The molecule has 17 heavy (non-hydrogen) atoms. The lowest BCUT2D eigenvalue weighted by molar-refractivity contribution is -0.671. The van der Waals surface area contributed by atoms with Crippen molar-refractivity contribution < 1.29 is 4.57 Å². The number of nitrogens with zero attached hydrogens (tertiary/aromatic N) is 3.